The molecule has 0 saturated carbocycles. The van der Waals surface area contributed by atoms with Crippen LogP contribution in [-0.2, 0) is 6.18 Å². The molecular formula is C26H23F3N4O3. The molecule has 0 N–H and O–H groups in total. The summed E-state index contributed by atoms with van der Waals surface area (Å²) in [6, 6.07) is 12.2. The Morgan fingerprint density at radius 3 is 2.28 bits per heavy atom. The van der Waals surface area contributed by atoms with Crippen LogP contribution in [0.5, 0.6) is 11.5 Å². The summed E-state index contributed by atoms with van der Waals surface area (Å²) in [4.78, 5) is 19.7. The summed E-state index contributed by atoms with van der Waals surface area (Å²) in [5.74, 6) is 0.931. The van der Waals surface area contributed by atoms with Gasteiger partial charge in [0.25, 0.3) is 5.56 Å². The van der Waals surface area contributed by atoms with E-state index in [1.165, 1.54) is 32.5 Å². The maximum atomic E-state index is 14.1. The first-order chi connectivity index (χ1) is 17.3. The highest BCUT2D eigenvalue weighted by Gasteiger charge is 2.35. The third-order valence-corrected chi connectivity index (χ3v) is 6.27. The summed E-state index contributed by atoms with van der Waals surface area (Å²) in [7, 11) is 2.98. The van der Waals surface area contributed by atoms with Gasteiger partial charge in [-0.15, -0.1) is 0 Å². The second kappa shape index (κ2) is 9.18. The number of hydrogen-bond donors (Lipinski definition) is 0. The van der Waals surface area contributed by atoms with Crippen molar-refractivity contribution in [2.75, 3.05) is 32.2 Å². The molecule has 1 fully saturated rings. The Bertz CT molecular complexity index is 1470. The van der Waals surface area contributed by atoms with Gasteiger partial charge in [-0.1, -0.05) is 0 Å². The van der Waals surface area contributed by atoms with Crippen molar-refractivity contribution in [1.29, 1.82) is 0 Å². The van der Waals surface area contributed by atoms with Gasteiger partial charge in [0.2, 0.25) is 0 Å². The molecule has 2 aromatic carbocycles. The zero-order valence-corrected chi connectivity index (χ0v) is 19.7. The van der Waals surface area contributed by atoms with Crippen LogP contribution in [0, 0.1) is 0 Å². The van der Waals surface area contributed by atoms with Crippen LogP contribution in [-0.4, -0.2) is 42.1 Å². The molecule has 3 heterocycles. The number of pyridine rings is 1. The maximum Gasteiger partial charge on any atom is 0.418 e. The molecule has 4 aromatic rings. The molecule has 1 aliphatic rings. The highest BCUT2D eigenvalue weighted by Crippen LogP contribution is 2.37. The number of halogens is 3. The molecule has 36 heavy (non-hydrogen) atoms. The molecule has 0 unspecified atom stereocenters. The van der Waals surface area contributed by atoms with E-state index in [-0.39, 0.29) is 16.9 Å². The zero-order valence-electron chi connectivity index (χ0n) is 19.7. The Kier molecular flexibility index (Phi) is 6.03. The highest BCUT2D eigenvalue weighted by atomic mass is 19.4. The Morgan fingerprint density at radius 2 is 1.64 bits per heavy atom. The molecule has 0 spiro atoms. The Balaban J connectivity index is 1.82. The lowest BCUT2D eigenvalue weighted by molar-refractivity contribution is -0.137. The average molecular weight is 496 g/mol. The molecule has 7 nitrogen and oxygen atoms in total. The number of anilines is 1. The second-order valence-corrected chi connectivity index (χ2v) is 8.46. The molecule has 0 amide bonds. The van der Waals surface area contributed by atoms with Crippen molar-refractivity contribution >= 4 is 16.6 Å². The standard InChI is InChI=1S/C26H23F3N4O3/c1-35-18-12-16(13-19(15-18)36-2)23-20-6-5-9-30-24(20)25(34)33(31-23)22-14-17(32-10-3-4-11-32)7-8-21(22)26(27,28)29/h5-9,12-15H,3-4,10-11H2,1-2H3. The van der Waals surface area contributed by atoms with E-state index in [0.29, 0.717) is 28.1 Å². The van der Waals surface area contributed by atoms with E-state index in [1.54, 1.807) is 30.3 Å². The van der Waals surface area contributed by atoms with Gasteiger partial charge in [-0.2, -0.15) is 23.0 Å². The molecule has 0 bridgehead atoms. The minimum atomic E-state index is -4.70. The van der Waals surface area contributed by atoms with E-state index < -0.39 is 17.3 Å². The minimum absolute atomic E-state index is 0.00369. The minimum Gasteiger partial charge on any atom is -0.497 e. The van der Waals surface area contributed by atoms with Crippen molar-refractivity contribution in [1.82, 2.24) is 14.8 Å². The number of fused-ring (bicyclic) bond motifs is 1. The van der Waals surface area contributed by atoms with Crippen molar-refractivity contribution in [3.8, 4) is 28.4 Å². The van der Waals surface area contributed by atoms with E-state index in [9.17, 15) is 18.0 Å². The highest BCUT2D eigenvalue weighted by molar-refractivity contribution is 5.92. The van der Waals surface area contributed by atoms with Gasteiger partial charge >= 0.3 is 6.18 Å². The van der Waals surface area contributed by atoms with Crippen molar-refractivity contribution in [3.05, 3.63) is 70.6 Å². The first-order valence-electron chi connectivity index (χ1n) is 11.4. The van der Waals surface area contributed by atoms with Gasteiger partial charge in [0.15, 0.2) is 0 Å². The third kappa shape index (κ3) is 4.23. The fourth-order valence-electron chi connectivity index (χ4n) is 4.49. The second-order valence-electron chi connectivity index (χ2n) is 8.46. The summed E-state index contributed by atoms with van der Waals surface area (Å²) in [5.41, 5.74) is -0.658. The molecule has 0 radical (unpaired) electrons. The fraction of sp³-hybridized carbons (Fsp3) is 0.269. The van der Waals surface area contributed by atoms with Gasteiger partial charge in [0.1, 0.15) is 22.7 Å². The van der Waals surface area contributed by atoms with Crippen LogP contribution < -0.4 is 19.9 Å². The van der Waals surface area contributed by atoms with Gasteiger partial charge < -0.3 is 14.4 Å². The summed E-state index contributed by atoms with van der Waals surface area (Å²) in [6.07, 6.45) is -1.36. The van der Waals surface area contributed by atoms with Gasteiger partial charge in [0.05, 0.1) is 25.5 Å². The number of ether oxygens (including phenoxy) is 2. The number of alkyl halides is 3. The quantitative estimate of drug-likeness (QED) is 0.384. The third-order valence-electron chi connectivity index (χ3n) is 6.27. The monoisotopic (exact) mass is 496 g/mol. The molecule has 186 valence electrons. The lowest BCUT2D eigenvalue weighted by atomic mass is 10.1. The van der Waals surface area contributed by atoms with Crippen LogP contribution in [0.3, 0.4) is 0 Å². The van der Waals surface area contributed by atoms with Crippen molar-refractivity contribution < 1.29 is 22.6 Å². The number of aromatic nitrogens is 3. The number of methoxy groups -OCH3 is 2. The maximum absolute atomic E-state index is 14.1. The first kappa shape index (κ1) is 23.7. The molecule has 2 aromatic heterocycles. The van der Waals surface area contributed by atoms with Crippen LogP contribution in [0.2, 0.25) is 0 Å². The molecule has 10 heteroatoms. The topological polar surface area (TPSA) is 69.5 Å². The molecule has 0 atom stereocenters. The van der Waals surface area contributed by atoms with Crippen LogP contribution in [0.1, 0.15) is 18.4 Å². The summed E-state index contributed by atoms with van der Waals surface area (Å²) in [5, 5.41) is 4.87. The molecule has 1 saturated heterocycles. The van der Waals surface area contributed by atoms with Crippen LogP contribution in [0.15, 0.2) is 59.5 Å². The molecule has 0 aliphatic carbocycles. The number of benzene rings is 2. The Hall–Kier alpha value is -4.08. The number of rotatable bonds is 5. The zero-order chi connectivity index (χ0) is 25.4. The lowest BCUT2D eigenvalue weighted by Gasteiger charge is -2.21. The SMILES string of the molecule is COc1cc(OC)cc(-c2nn(-c3cc(N4CCCC4)ccc3C(F)(F)F)c(=O)c3ncccc23)c1. The van der Waals surface area contributed by atoms with E-state index in [2.05, 4.69) is 10.1 Å². The van der Waals surface area contributed by atoms with E-state index in [4.69, 9.17) is 9.47 Å². The molecule has 5 rings (SSSR count). The predicted molar refractivity (Wildman–Crippen MR) is 130 cm³/mol. The van der Waals surface area contributed by atoms with Gasteiger partial charge in [-0.3, -0.25) is 9.78 Å². The van der Waals surface area contributed by atoms with E-state index >= 15 is 0 Å². The largest absolute Gasteiger partial charge is 0.497 e. The molecular weight excluding hydrogens is 473 g/mol. The Labute approximate surface area is 204 Å². The van der Waals surface area contributed by atoms with Crippen LogP contribution in [0.4, 0.5) is 18.9 Å². The average Bonchev–Trinajstić information content (AvgIpc) is 3.43. The first-order valence-corrected chi connectivity index (χ1v) is 11.4. The normalized spacial score (nSPS) is 13.9. The number of hydrogen-bond acceptors (Lipinski definition) is 6. The van der Waals surface area contributed by atoms with Gasteiger partial charge in [-0.25, -0.2) is 0 Å². The fourth-order valence-corrected chi connectivity index (χ4v) is 4.49. The summed E-state index contributed by atoms with van der Waals surface area (Å²) < 4.78 is 53.8. The number of nitrogens with zero attached hydrogens (tertiary/aromatic N) is 4. The van der Waals surface area contributed by atoms with E-state index in [0.717, 1.165) is 36.7 Å². The summed E-state index contributed by atoms with van der Waals surface area (Å²) >= 11 is 0. The Morgan fingerprint density at radius 1 is 0.944 bits per heavy atom. The van der Waals surface area contributed by atoms with Crippen molar-refractivity contribution in [3.63, 3.8) is 0 Å². The van der Waals surface area contributed by atoms with Gasteiger partial charge in [-0.05, 0) is 55.3 Å². The lowest BCUT2D eigenvalue weighted by Crippen LogP contribution is -2.26. The molecule has 1 aliphatic heterocycles. The predicted octanol–water partition coefficient (Wildman–Crippen LogP) is 5.08. The van der Waals surface area contributed by atoms with Crippen LogP contribution >= 0.6 is 0 Å². The van der Waals surface area contributed by atoms with Crippen molar-refractivity contribution in [2.45, 2.75) is 19.0 Å². The van der Waals surface area contributed by atoms with E-state index in [1.807, 2.05) is 4.90 Å². The van der Waals surface area contributed by atoms with Gasteiger partial charge in [0, 0.05) is 42.0 Å². The van der Waals surface area contributed by atoms with Crippen LogP contribution in [0.25, 0.3) is 27.8 Å². The smallest absolute Gasteiger partial charge is 0.418 e. The summed E-state index contributed by atoms with van der Waals surface area (Å²) in [6.45, 7) is 1.47. The van der Waals surface area contributed by atoms with Crippen molar-refractivity contribution in [2.24, 2.45) is 0 Å².